The van der Waals surface area contributed by atoms with Crippen molar-refractivity contribution < 1.29 is 32.0 Å². The molecule has 34 heavy (non-hydrogen) atoms. The van der Waals surface area contributed by atoms with E-state index in [0.29, 0.717) is 11.5 Å². The molecule has 1 unspecified atom stereocenters. The van der Waals surface area contributed by atoms with Crippen molar-refractivity contribution in [3.05, 3.63) is 78.8 Å². The Balaban J connectivity index is 1.56. The van der Waals surface area contributed by atoms with Crippen molar-refractivity contribution in [1.29, 1.82) is 0 Å². The maximum atomic E-state index is 13.2. The second kappa shape index (κ2) is 9.49. The van der Waals surface area contributed by atoms with E-state index in [2.05, 4.69) is 0 Å². The lowest BCUT2D eigenvalue weighted by atomic mass is 10.2. The first-order valence-electron chi connectivity index (χ1n) is 10.2. The van der Waals surface area contributed by atoms with E-state index in [-0.39, 0.29) is 30.2 Å². The summed E-state index contributed by atoms with van der Waals surface area (Å²) in [4.78, 5) is 41.1. The summed E-state index contributed by atoms with van der Waals surface area (Å²) in [6, 6.07) is 16.0. The number of carbonyl (C=O) groups excluding carboxylic acids is 3. The number of carbonyl (C=O) groups is 3. The van der Waals surface area contributed by atoms with Gasteiger partial charge in [-0.3, -0.25) is 14.4 Å². The highest BCUT2D eigenvalue weighted by Gasteiger charge is 2.44. The molecule has 176 valence electrons. The normalized spacial score (nSPS) is 16.0. The van der Waals surface area contributed by atoms with Crippen molar-refractivity contribution in [2.45, 2.75) is 23.9 Å². The summed E-state index contributed by atoms with van der Waals surface area (Å²) in [7, 11) is -3.93. The molecule has 1 aliphatic heterocycles. The zero-order chi connectivity index (χ0) is 24.3. The Morgan fingerprint density at radius 3 is 2.38 bits per heavy atom. The van der Waals surface area contributed by atoms with Crippen LogP contribution in [0.5, 0.6) is 5.75 Å². The summed E-state index contributed by atoms with van der Waals surface area (Å²) < 4.78 is 33.9. The number of imide groups is 1. The third kappa shape index (κ3) is 5.00. The summed E-state index contributed by atoms with van der Waals surface area (Å²) in [6.07, 6.45) is 1.20. The number of rotatable bonds is 8. The molecule has 10 nitrogen and oxygen atoms in total. The highest BCUT2D eigenvalue weighted by molar-refractivity contribution is 7.89. The molecule has 0 bridgehead atoms. The third-order valence-electron chi connectivity index (χ3n) is 5.25. The highest BCUT2D eigenvalue weighted by Crippen LogP contribution is 2.28. The van der Waals surface area contributed by atoms with Crippen molar-refractivity contribution in [2.24, 2.45) is 5.14 Å². The number of benzene rings is 2. The molecule has 1 atom stereocenters. The largest absolute Gasteiger partial charge is 0.484 e. The molecule has 0 aliphatic carbocycles. The first-order chi connectivity index (χ1) is 16.2. The van der Waals surface area contributed by atoms with Crippen molar-refractivity contribution in [1.82, 2.24) is 4.90 Å². The van der Waals surface area contributed by atoms with Crippen molar-refractivity contribution in [3.8, 4) is 5.75 Å². The third-order valence-corrected chi connectivity index (χ3v) is 6.18. The minimum Gasteiger partial charge on any atom is -0.484 e. The number of sulfonamides is 1. The second-order valence-electron chi connectivity index (χ2n) is 7.53. The molecule has 1 aromatic heterocycles. The van der Waals surface area contributed by atoms with Gasteiger partial charge in [0.2, 0.25) is 15.9 Å². The number of primary sulfonamides is 1. The molecule has 0 saturated carbocycles. The van der Waals surface area contributed by atoms with Gasteiger partial charge in [0.25, 0.3) is 11.8 Å². The van der Waals surface area contributed by atoms with Gasteiger partial charge in [-0.05, 0) is 48.5 Å². The molecule has 2 N–H and O–H groups in total. The number of para-hydroxylation sites is 1. The predicted octanol–water partition coefficient (Wildman–Crippen LogP) is 1.67. The second-order valence-corrected chi connectivity index (χ2v) is 9.09. The number of furan rings is 1. The van der Waals surface area contributed by atoms with Crippen LogP contribution in [0.1, 0.15) is 12.2 Å². The molecule has 3 aromatic rings. The average Bonchev–Trinajstić information content (AvgIpc) is 3.43. The monoisotopic (exact) mass is 483 g/mol. The Kier molecular flexibility index (Phi) is 6.48. The van der Waals surface area contributed by atoms with Gasteiger partial charge < -0.3 is 14.1 Å². The van der Waals surface area contributed by atoms with E-state index in [4.69, 9.17) is 14.3 Å². The van der Waals surface area contributed by atoms with E-state index in [9.17, 15) is 22.8 Å². The molecule has 0 radical (unpaired) electrons. The number of nitrogens with zero attached hydrogens (tertiary/aromatic N) is 2. The molecular formula is C23H21N3O7S. The van der Waals surface area contributed by atoms with Gasteiger partial charge in [-0.25, -0.2) is 18.5 Å². The zero-order valence-electron chi connectivity index (χ0n) is 17.9. The van der Waals surface area contributed by atoms with Crippen LogP contribution in [0.4, 0.5) is 5.69 Å². The fourth-order valence-electron chi connectivity index (χ4n) is 3.60. The topological polar surface area (TPSA) is 140 Å². The van der Waals surface area contributed by atoms with Gasteiger partial charge in [-0.2, -0.15) is 0 Å². The van der Waals surface area contributed by atoms with Gasteiger partial charge in [0.15, 0.2) is 6.61 Å². The molecule has 0 spiro atoms. The molecule has 11 heteroatoms. The Labute approximate surface area is 195 Å². The van der Waals surface area contributed by atoms with Crippen LogP contribution in [0.2, 0.25) is 0 Å². The van der Waals surface area contributed by atoms with Crippen LogP contribution in [0.25, 0.3) is 0 Å². The fourth-order valence-corrected chi connectivity index (χ4v) is 4.12. The van der Waals surface area contributed by atoms with Crippen molar-refractivity contribution >= 4 is 33.4 Å². The number of amides is 3. The van der Waals surface area contributed by atoms with Crippen LogP contribution in [-0.4, -0.2) is 43.7 Å². The van der Waals surface area contributed by atoms with Gasteiger partial charge in [-0.1, -0.05) is 18.2 Å². The minimum atomic E-state index is -3.93. The van der Waals surface area contributed by atoms with Crippen LogP contribution in [-0.2, 0) is 31.0 Å². The summed E-state index contributed by atoms with van der Waals surface area (Å²) >= 11 is 0. The molecule has 1 fully saturated rings. The summed E-state index contributed by atoms with van der Waals surface area (Å²) in [5.41, 5.74) is 0.177. The zero-order valence-corrected chi connectivity index (χ0v) is 18.7. The molecular weight excluding hydrogens is 462 g/mol. The van der Waals surface area contributed by atoms with Gasteiger partial charge in [0, 0.05) is 0 Å². The van der Waals surface area contributed by atoms with E-state index in [1.807, 2.05) is 6.07 Å². The molecule has 2 heterocycles. The molecule has 4 rings (SSSR count). The number of ether oxygens (including phenoxy) is 1. The van der Waals surface area contributed by atoms with E-state index in [1.165, 1.54) is 35.4 Å². The number of anilines is 1. The maximum absolute atomic E-state index is 13.2. The quantitative estimate of drug-likeness (QED) is 0.481. The first-order valence-corrected chi connectivity index (χ1v) is 11.8. The maximum Gasteiger partial charge on any atom is 0.261 e. The highest BCUT2D eigenvalue weighted by atomic mass is 32.2. The smallest absolute Gasteiger partial charge is 0.261 e. The average molecular weight is 484 g/mol. The Morgan fingerprint density at radius 2 is 1.76 bits per heavy atom. The standard InChI is InChI=1S/C23H21N3O7S/c24-34(30,31)19-10-8-16(9-11-19)26-21(27)13-20(23(26)29)25(14-18-7-4-12-32-18)22(28)15-33-17-5-2-1-3-6-17/h1-12,20H,13-15H2,(H2,24,30,31). The van der Waals surface area contributed by atoms with Gasteiger partial charge in [0.1, 0.15) is 17.6 Å². The molecule has 2 aromatic carbocycles. The van der Waals surface area contributed by atoms with Gasteiger partial charge in [0.05, 0.1) is 29.8 Å². The van der Waals surface area contributed by atoms with Crippen LogP contribution in [0.15, 0.2) is 82.3 Å². The van der Waals surface area contributed by atoms with Crippen molar-refractivity contribution in [2.75, 3.05) is 11.5 Å². The molecule has 3 amide bonds. The van der Waals surface area contributed by atoms with Crippen molar-refractivity contribution in [3.63, 3.8) is 0 Å². The van der Waals surface area contributed by atoms with Crippen LogP contribution in [0, 0.1) is 0 Å². The minimum absolute atomic E-state index is 0.0358. The number of hydrogen-bond donors (Lipinski definition) is 1. The Bertz CT molecular complexity index is 1290. The lowest BCUT2D eigenvalue weighted by Gasteiger charge is -2.27. The fraction of sp³-hybridized carbons (Fsp3) is 0.174. The SMILES string of the molecule is NS(=O)(=O)c1ccc(N2C(=O)CC(N(Cc3ccco3)C(=O)COc3ccccc3)C2=O)cc1. The van der Waals surface area contributed by atoms with E-state index >= 15 is 0 Å². The van der Waals surface area contributed by atoms with E-state index < -0.39 is 33.8 Å². The van der Waals surface area contributed by atoms with E-state index in [0.717, 1.165) is 4.90 Å². The van der Waals surface area contributed by atoms with Gasteiger partial charge >= 0.3 is 0 Å². The van der Waals surface area contributed by atoms with Crippen LogP contribution in [0.3, 0.4) is 0 Å². The molecule has 1 saturated heterocycles. The lowest BCUT2D eigenvalue weighted by Crippen LogP contribution is -2.46. The number of nitrogens with two attached hydrogens (primary N) is 1. The Morgan fingerprint density at radius 1 is 1.06 bits per heavy atom. The summed E-state index contributed by atoms with van der Waals surface area (Å²) in [5.74, 6) is -0.728. The Hall–Kier alpha value is -3.96. The summed E-state index contributed by atoms with van der Waals surface area (Å²) in [5, 5.41) is 5.10. The predicted molar refractivity (Wildman–Crippen MR) is 120 cm³/mol. The number of hydrogen-bond acceptors (Lipinski definition) is 7. The summed E-state index contributed by atoms with van der Waals surface area (Å²) in [6.45, 7) is -0.377. The van der Waals surface area contributed by atoms with Crippen LogP contribution >= 0.6 is 0 Å². The lowest BCUT2D eigenvalue weighted by molar-refractivity contribution is -0.141. The van der Waals surface area contributed by atoms with E-state index in [1.54, 1.807) is 36.4 Å². The van der Waals surface area contributed by atoms with Gasteiger partial charge in [-0.15, -0.1) is 0 Å². The molecule has 1 aliphatic rings. The van der Waals surface area contributed by atoms with Crippen LogP contribution < -0.4 is 14.8 Å². The first kappa shape index (κ1) is 23.2.